The second kappa shape index (κ2) is 11.1. The monoisotopic (exact) mass is 616 g/mol. The molecule has 0 aliphatic heterocycles. The number of fused-ring (bicyclic) bond motifs is 2. The van der Waals surface area contributed by atoms with E-state index in [-0.39, 0.29) is 11.9 Å². The Morgan fingerprint density at radius 1 is 1.10 bits per heavy atom. The lowest BCUT2D eigenvalue weighted by Gasteiger charge is -2.17. The first-order valence-electron chi connectivity index (χ1n) is 13.7. The molecule has 1 aliphatic carbocycles. The number of imidazole rings is 1. The predicted octanol–water partition coefficient (Wildman–Crippen LogP) is 7.01. The van der Waals surface area contributed by atoms with Gasteiger partial charge in [0, 0.05) is 34.7 Å². The summed E-state index contributed by atoms with van der Waals surface area (Å²) in [6, 6.07) is 11.7. The van der Waals surface area contributed by atoms with Crippen LogP contribution in [0.4, 0.5) is 0 Å². The van der Waals surface area contributed by atoms with Gasteiger partial charge in [0.25, 0.3) is 5.91 Å². The summed E-state index contributed by atoms with van der Waals surface area (Å²) in [5.41, 5.74) is 4.03. The topological polar surface area (TPSA) is 104 Å². The Hall–Kier alpha value is -3.87. The van der Waals surface area contributed by atoms with Crippen molar-refractivity contribution in [2.75, 3.05) is 7.11 Å². The molecule has 1 aliphatic rings. The molecule has 1 unspecified atom stereocenters. The van der Waals surface area contributed by atoms with Crippen LogP contribution in [-0.4, -0.2) is 43.6 Å². The molecule has 1 N–H and O–H groups in total. The number of aryl methyl sites for hydroxylation is 1. The largest absolute Gasteiger partial charge is 0.497 e. The average molecular weight is 617 g/mol. The van der Waals surface area contributed by atoms with Crippen molar-refractivity contribution in [3.63, 3.8) is 0 Å². The number of amides is 1. The Morgan fingerprint density at radius 3 is 2.71 bits per heavy atom. The number of aromatic nitrogens is 5. The molecule has 12 heteroatoms. The van der Waals surface area contributed by atoms with Crippen molar-refractivity contribution in [3.05, 3.63) is 64.2 Å². The number of hydrogen-bond donors (Lipinski definition) is 1. The number of carbonyl (C=O) groups excluding carboxylic acids is 1. The maximum absolute atomic E-state index is 12.7. The predicted molar refractivity (Wildman–Crippen MR) is 167 cm³/mol. The van der Waals surface area contributed by atoms with Crippen LogP contribution in [0.1, 0.15) is 47.2 Å². The third-order valence-electron chi connectivity index (χ3n) is 7.53. The lowest BCUT2D eigenvalue weighted by atomic mass is 10.1. The molecule has 1 saturated carbocycles. The van der Waals surface area contributed by atoms with Crippen LogP contribution < -0.4 is 14.8 Å². The molecule has 214 valence electrons. The molecule has 0 bridgehead atoms. The van der Waals surface area contributed by atoms with Crippen molar-refractivity contribution in [1.82, 2.24) is 29.9 Å². The molecular formula is C30H28N6O3S3. The lowest BCUT2D eigenvalue weighted by Crippen LogP contribution is -2.36. The van der Waals surface area contributed by atoms with E-state index >= 15 is 0 Å². The molecule has 6 aromatic rings. The molecule has 0 radical (unpaired) electrons. The quantitative estimate of drug-likeness (QED) is 0.196. The summed E-state index contributed by atoms with van der Waals surface area (Å²) >= 11 is 4.63. The van der Waals surface area contributed by atoms with Crippen LogP contribution in [0.2, 0.25) is 0 Å². The molecule has 4 aromatic heterocycles. The Bertz CT molecular complexity index is 1870. The Kier molecular flexibility index (Phi) is 7.12. The molecule has 2 aromatic carbocycles. The minimum atomic E-state index is -0.0103. The Balaban J connectivity index is 1.06. The molecule has 42 heavy (non-hydrogen) atoms. The molecule has 1 amide bonds. The van der Waals surface area contributed by atoms with Gasteiger partial charge in [0.1, 0.15) is 38.8 Å². The molecule has 7 rings (SSSR count). The van der Waals surface area contributed by atoms with Crippen LogP contribution in [0.25, 0.3) is 36.5 Å². The Labute approximate surface area is 254 Å². The van der Waals surface area contributed by atoms with E-state index in [1.165, 1.54) is 24.2 Å². The zero-order valence-corrected chi connectivity index (χ0v) is 25.7. The first-order chi connectivity index (χ1) is 20.4. The number of nitrogens with zero attached hydrogens (tertiary/aromatic N) is 5. The number of hydrogen-bond acceptors (Lipinski definition) is 10. The van der Waals surface area contributed by atoms with E-state index in [4.69, 9.17) is 24.4 Å². The first kappa shape index (κ1) is 27.0. The molecule has 9 nitrogen and oxygen atoms in total. The zero-order valence-electron chi connectivity index (χ0n) is 23.3. The third-order valence-corrected chi connectivity index (χ3v) is 10.4. The van der Waals surface area contributed by atoms with Gasteiger partial charge in [-0.2, -0.15) is 5.10 Å². The summed E-state index contributed by atoms with van der Waals surface area (Å²) in [4.78, 5) is 27.9. The van der Waals surface area contributed by atoms with Crippen molar-refractivity contribution in [2.45, 2.75) is 45.8 Å². The second-order valence-corrected chi connectivity index (χ2v) is 13.5. The van der Waals surface area contributed by atoms with Gasteiger partial charge in [-0.1, -0.05) is 36.8 Å². The van der Waals surface area contributed by atoms with Gasteiger partial charge in [-0.15, -0.1) is 22.7 Å². The number of rotatable bonds is 8. The van der Waals surface area contributed by atoms with E-state index in [0.29, 0.717) is 29.6 Å². The third kappa shape index (κ3) is 5.25. The van der Waals surface area contributed by atoms with E-state index < -0.39 is 0 Å². The maximum atomic E-state index is 12.7. The van der Waals surface area contributed by atoms with Gasteiger partial charge in [0.05, 0.1) is 29.2 Å². The van der Waals surface area contributed by atoms with Gasteiger partial charge in [-0.3, -0.25) is 4.79 Å². The first-order valence-corrected chi connectivity index (χ1v) is 16.2. The fraction of sp³-hybridized carbons (Fsp3) is 0.300. The van der Waals surface area contributed by atoms with Gasteiger partial charge < -0.3 is 14.8 Å². The van der Waals surface area contributed by atoms with Crippen molar-refractivity contribution in [1.29, 1.82) is 0 Å². The van der Waals surface area contributed by atoms with Crippen LogP contribution in [-0.2, 0) is 6.61 Å². The summed E-state index contributed by atoms with van der Waals surface area (Å²) in [7, 11) is 1.63. The van der Waals surface area contributed by atoms with E-state index in [2.05, 4.69) is 17.3 Å². The minimum absolute atomic E-state index is 0.0103. The van der Waals surface area contributed by atoms with Crippen LogP contribution >= 0.6 is 34.0 Å². The summed E-state index contributed by atoms with van der Waals surface area (Å²) in [5, 5.41) is 12.3. The van der Waals surface area contributed by atoms with Crippen LogP contribution in [0.3, 0.4) is 0 Å². The van der Waals surface area contributed by atoms with E-state index in [1.807, 2.05) is 54.9 Å². The van der Waals surface area contributed by atoms with Gasteiger partial charge >= 0.3 is 0 Å². The molecule has 0 spiro atoms. The fourth-order valence-corrected chi connectivity index (χ4v) is 7.75. The molecule has 1 fully saturated rings. The maximum Gasteiger partial charge on any atom is 0.251 e. The van der Waals surface area contributed by atoms with E-state index in [0.717, 1.165) is 53.6 Å². The number of carbonyl (C=O) groups is 1. The van der Waals surface area contributed by atoms with Crippen LogP contribution in [0.5, 0.6) is 11.5 Å². The number of thiazole rings is 2. The zero-order chi connectivity index (χ0) is 28.8. The average Bonchev–Trinajstić information content (AvgIpc) is 3.81. The minimum Gasteiger partial charge on any atom is -0.497 e. The highest BCUT2D eigenvalue weighted by Crippen LogP contribution is 2.39. The van der Waals surface area contributed by atoms with Gasteiger partial charge in [-0.05, 0) is 37.8 Å². The smallest absolute Gasteiger partial charge is 0.251 e. The number of ether oxygens (including phenoxy) is 2. The Morgan fingerprint density at radius 2 is 1.95 bits per heavy atom. The van der Waals surface area contributed by atoms with E-state index in [9.17, 15) is 4.79 Å². The SMILES string of the molecule is COc1cc(OCc2csc(-c3ccc(C(=O)NC4CCC[C@@H]4C)cc3)n2)c2sc(-c3cn4nc(C)sc4n3)nc2c1. The van der Waals surface area contributed by atoms with Crippen molar-refractivity contribution < 1.29 is 14.3 Å². The molecule has 0 saturated heterocycles. The van der Waals surface area contributed by atoms with Crippen molar-refractivity contribution in [2.24, 2.45) is 5.92 Å². The summed E-state index contributed by atoms with van der Waals surface area (Å²) in [5.74, 6) is 1.88. The summed E-state index contributed by atoms with van der Waals surface area (Å²) in [6.45, 7) is 4.47. The second-order valence-electron chi connectivity index (χ2n) is 10.5. The highest BCUT2D eigenvalue weighted by atomic mass is 32.1. The molecule has 4 heterocycles. The van der Waals surface area contributed by atoms with Crippen molar-refractivity contribution >= 4 is 55.1 Å². The van der Waals surface area contributed by atoms with Gasteiger partial charge in [0.15, 0.2) is 0 Å². The van der Waals surface area contributed by atoms with E-state index in [1.54, 1.807) is 34.3 Å². The normalized spacial score (nSPS) is 16.8. The summed E-state index contributed by atoms with van der Waals surface area (Å²) < 4.78 is 14.5. The molecular weight excluding hydrogens is 589 g/mol. The fourth-order valence-electron chi connectivity index (χ4n) is 5.25. The summed E-state index contributed by atoms with van der Waals surface area (Å²) in [6.07, 6.45) is 5.31. The van der Waals surface area contributed by atoms with Crippen LogP contribution in [0.15, 0.2) is 48.0 Å². The highest BCUT2D eigenvalue weighted by molar-refractivity contribution is 7.22. The standard InChI is InChI=1S/C30H28N6O3S3/c1-16-5-4-6-22(16)32-27(37)18-7-9-19(10-8-18)28-31-20(15-40-28)14-39-25-12-21(38-3)11-23-26(25)42-29(33-23)24-13-36-30(34-24)41-17(2)35-36/h7-13,15-16,22H,4-6,14H2,1-3H3,(H,32,37)/t16-,22?/m0/s1. The van der Waals surface area contributed by atoms with Crippen molar-refractivity contribution in [3.8, 4) is 32.8 Å². The highest BCUT2D eigenvalue weighted by Gasteiger charge is 2.25. The lowest BCUT2D eigenvalue weighted by molar-refractivity contribution is 0.0929. The van der Waals surface area contributed by atoms with Crippen LogP contribution in [0, 0.1) is 12.8 Å². The molecule has 2 atom stereocenters. The van der Waals surface area contributed by atoms with Gasteiger partial charge in [0.2, 0.25) is 4.96 Å². The number of nitrogens with one attached hydrogen (secondary N) is 1. The van der Waals surface area contributed by atoms with Gasteiger partial charge in [-0.25, -0.2) is 19.5 Å². The number of methoxy groups -OCH3 is 1. The number of benzene rings is 2.